The third-order valence-electron chi connectivity index (χ3n) is 7.62. The lowest BCUT2D eigenvalue weighted by atomic mass is 10.0. The Hall–Kier alpha value is -4.74. The first-order chi connectivity index (χ1) is 21.7. The number of rotatable bonds is 13. The molecule has 0 saturated carbocycles. The summed E-state index contributed by atoms with van der Waals surface area (Å²) >= 11 is 0. The number of methoxy groups -OCH3 is 3. The molecule has 0 amide bonds. The third kappa shape index (κ3) is 7.16. The van der Waals surface area contributed by atoms with E-state index in [9.17, 15) is 8.42 Å². The SMILES string of the molecule is CCc1ccc(C)c(S(=O)(=O)N(Cc2ccc(OC)cc2)Cc2ccc(OC)cc2)c1-c1nnn(Cc2ccc(OC)cc2)n1. The quantitative estimate of drug-likeness (QED) is 0.164. The van der Waals surface area contributed by atoms with Crippen molar-refractivity contribution in [3.63, 3.8) is 0 Å². The molecule has 0 unspecified atom stereocenters. The van der Waals surface area contributed by atoms with Gasteiger partial charge in [-0.05, 0) is 82.8 Å². The molecule has 1 aromatic heterocycles. The minimum absolute atomic E-state index is 0.144. The number of sulfonamides is 1. The molecule has 0 aliphatic rings. The van der Waals surface area contributed by atoms with Gasteiger partial charge in [0.05, 0.1) is 32.8 Å². The smallest absolute Gasteiger partial charge is 0.244 e. The molecule has 0 saturated heterocycles. The fraction of sp³-hybridized carbons (Fsp3) is 0.265. The molecule has 0 spiro atoms. The second-order valence-electron chi connectivity index (χ2n) is 10.6. The maximum absolute atomic E-state index is 14.8. The van der Waals surface area contributed by atoms with Crippen LogP contribution in [0.5, 0.6) is 17.2 Å². The summed E-state index contributed by atoms with van der Waals surface area (Å²) in [7, 11) is 0.729. The van der Waals surface area contributed by atoms with Crippen molar-refractivity contribution in [2.45, 2.75) is 44.8 Å². The number of hydrogen-bond acceptors (Lipinski definition) is 8. The molecule has 0 aliphatic heterocycles. The van der Waals surface area contributed by atoms with E-state index in [4.69, 9.17) is 14.2 Å². The number of aryl methyl sites for hydroxylation is 2. The summed E-state index contributed by atoms with van der Waals surface area (Å²) in [5, 5.41) is 13.3. The second kappa shape index (κ2) is 13.9. The molecule has 0 atom stereocenters. The van der Waals surface area contributed by atoms with E-state index in [1.54, 1.807) is 28.3 Å². The molecular formula is C34H37N5O5S. The Morgan fingerprint density at radius 2 is 1.20 bits per heavy atom. The molecule has 4 aromatic carbocycles. The fourth-order valence-corrected chi connectivity index (χ4v) is 6.98. The second-order valence-corrected chi connectivity index (χ2v) is 12.4. The summed E-state index contributed by atoms with van der Waals surface area (Å²) < 4.78 is 47.0. The van der Waals surface area contributed by atoms with Crippen LogP contribution in [-0.2, 0) is 36.1 Å². The first-order valence-corrected chi connectivity index (χ1v) is 16.0. The van der Waals surface area contributed by atoms with Crippen LogP contribution in [0.25, 0.3) is 11.4 Å². The van der Waals surface area contributed by atoms with E-state index in [2.05, 4.69) is 15.4 Å². The average Bonchev–Trinajstić information content (AvgIpc) is 3.53. The lowest BCUT2D eigenvalue weighted by molar-refractivity contribution is 0.397. The van der Waals surface area contributed by atoms with Crippen LogP contribution in [0.3, 0.4) is 0 Å². The maximum atomic E-state index is 14.8. The summed E-state index contributed by atoms with van der Waals surface area (Å²) in [5.74, 6) is 2.40. The minimum Gasteiger partial charge on any atom is -0.497 e. The van der Waals surface area contributed by atoms with Crippen molar-refractivity contribution >= 4 is 10.0 Å². The summed E-state index contributed by atoms with van der Waals surface area (Å²) in [4.78, 5) is 1.65. The van der Waals surface area contributed by atoms with Crippen molar-refractivity contribution < 1.29 is 22.6 Å². The molecule has 0 radical (unpaired) electrons. The molecular weight excluding hydrogens is 590 g/mol. The zero-order valence-electron chi connectivity index (χ0n) is 26.1. The lowest BCUT2D eigenvalue weighted by Gasteiger charge is -2.25. The van der Waals surface area contributed by atoms with Crippen LogP contribution in [0, 0.1) is 6.92 Å². The van der Waals surface area contributed by atoms with Crippen LogP contribution in [0.4, 0.5) is 0 Å². The predicted octanol–water partition coefficient (Wildman–Crippen LogP) is 5.68. The van der Waals surface area contributed by atoms with Crippen LogP contribution in [0.1, 0.15) is 34.7 Å². The molecule has 11 heteroatoms. The Morgan fingerprint density at radius 1 is 0.711 bits per heavy atom. The van der Waals surface area contributed by atoms with Crippen molar-refractivity contribution in [2.75, 3.05) is 21.3 Å². The van der Waals surface area contributed by atoms with Crippen LogP contribution in [0.2, 0.25) is 0 Å². The third-order valence-corrected chi connectivity index (χ3v) is 9.60. The summed E-state index contributed by atoms with van der Waals surface area (Å²) in [6, 6.07) is 26.2. The molecule has 10 nitrogen and oxygen atoms in total. The van der Waals surface area contributed by atoms with Gasteiger partial charge in [-0.2, -0.15) is 9.10 Å². The van der Waals surface area contributed by atoms with E-state index in [1.807, 2.05) is 91.9 Å². The number of hydrogen-bond donors (Lipinski definition) is 0. The number of benzene rings is 4. The molecule has 1 heterocycles. The molecule has 45 heavy (non-hydrogen) atoms. The van der Waals surface area contributed by atoms with Gasteiger partial charge >= 0.3 is 0 Å². The molecule has 0 bridgehead atoms. The molecule has 5 rings (SSSR count). The summed E-state index contributed by atoms with van der Waals surface area (Å²) in [6.45, 7) is 4.44. The van der Waals surface area contributed by atoms with Gasteiger partial charge in [-0.25, -0.2) is 8.42 Å². The zero-order chi connectivity index (χ0) is 32.0. The standard InChI is InChI=1S/C34H37N5O5S/c1-6-28-14-7-24(2)33(32(28)34-35-37-39(36-34)23-27-12-19-31(44-5)20-13-27)45(40,41)38(21-25-8-15-29(42-3)16-9-25)22-26-10-17-30(43-4)18-11-26/h7-20H,6,21-23H2,1-5H3. The van der Waals surface area contributed by atoms with Gasteiger partial charge in [0.1, 0.15) is 17.2 Å². The van der Waals surface area contributed by atoms with E-state index in [0.717, 1.165) is 28.0 Å². The zero-order valence-corrected chi connectivity index (χ0v) is 26.9. The van der Waals surface area contributed by atoms with E-state index in [0.29, 0.717) is 35.6 Å². The van der Waals surface area contributed by atoms with Gasteiger partial charge < -0.3 is 14.2 Å². The average molecular weight is 628 g/mol. The van der Waals surface area contributed by atoms with Gasteiger partial charge in [0, 0.05) is 18.7 Å². The lowest BCUT2D eigenvalue weighted by Crippen LogP contribution is -2.31. The number of aromatic nitrogens is 4. The molecule has 0 fully saturated rings. The monoisotopic (exact) mass is 627 g/mol. The van der Waals surface area contributed by atoms with E-state index >= 15 is 0 Å². The Balaban J connectivity index is 1.57. The first-order valence-electron chi connectivity index (χ1n) is 14.5. The minimum atomic E-state index is -4.09. The van der Waals surface area contributed by atoms with Crippen molar-refractivity contribution in [1.29, 1.82) is 0 Å². The van der Waals surface area contributed by atoms with Crippen LogP contribution < -0.4 is 14.2 Å². The summed E-state index contributed by atoms with van der Waals surface area (Å²) in [5.41, 5.74) is 4.48. The highest BCUT2D eigenvalue weighted by Crippen LogP contribution is 2.35. The van der Waals surface area contributed by atoms with Crippen molar-refractivity contribution in [2.24, 2.45) is 0 Å². The van der Waals surface area contributed by atoms with E-state index in [1.165, 1.54) is 9.10 Å². The Kier molecular flexibility index (Phi) is 9.80. The van der Waals surface area contributed by atoms with Gasteiger partial charge in [-0.15, -0.1) is 10.2 Å². The van der Waals surface area contributed by atoms with Crippen molar-refractivity contribution in [3.8, 4) is 28.6 Å². The largest absolute Gasteiger partial charge is 0.497 e. The Morgan fingerprint density at radius 3 is 1.67 bits per heavy atom. The van der Waals surface area contributed by atoms with Gasteiger partial charge in [-0.1, -0.05) is 55.5 Å². The van der Waals surface area contributed by atoms with Crippen LogP contribution >= 0.6 is 0 Å². The molecule has 0 N–H and O–H groups in total. The van der Waals surface area contributed by atoms with E-state index < -0.39 is 10.0 Å². The predicted molar refractivity (Wildman–Crippen MR) is 172 cm³/mol. The van der Waals surface area contributed by atoms with Gasteiger partial charge in [0.25, 0.3) is 0 Å². The highest BCUT2D eigenvalue weighted by Gasteiger charge is 2.32. The van der Waals surface area contributed by atoms with Gasteiger partial charge in [0.2, 0.25) is 15.8 Å². The van der Waals surface area contributed by atoms with Crippen molar-refractivity contribution in [3.05, 3.63) is 113 Å². The topological polar surface area (TPSA) is 109 Å². The molecule has 234 valence electrons. The normalized spacial score (nSPS) is 11.5. The molecule has 5 aromatic rings. The number of nitrogens with zero attached hydrogens (tertiary/aromatic N) is 5. The maximum Gasteiger partial charge on any atom is 0.244 e. The van der Waals surface area contributed by atoms with Gasteiger partial charge in [-0.3, -0.25) is 0 Å². The fourth-order valence-electron chi connectivity index (χ4n) is 5.13. The van der Waals surface area contributed by atoms with Gasteiger partial charge in [0.15, 0.2) is 0 Å². The van der Waals surface area contributed by atoms with Crippen LogP contribution in [-0.4, -0.2) is 54.3 Å². The molecule has 0 aliphatic carbocycles. The first kappa shape index (κ1) is 31.7. The Bertz CT molecular complexity index is 1790. The van der Waals surface area contributed by atoms with Crippen LogP contribution in [0.15, 0.2) is 89.8 Å². The summed E-state index contributed by atoms with van der Waals surface area (Å²) in [6.07, 6.45) is 0.585. The highest BCUT2D eigenvalue weighted by atomic mass is 32.2. The number of tetrazole rings is 1. The Labute approximate surface area is 264 Å². The van der Waals surface area contributed by atoms with E-state index in [-0.39, 0.29) is 23.8 Å². The number of ether oxygens (including phenoxy) is 3. The van der Waals surface area contributed by atoms with Crippen molar-refractivity contribution in [1.82, 2.24) is 24.5 Å². The highest BCUT2D eigenvalue weighted by molar-refractivity contribution is 7.89.